The molecule has 1 heterocycles. The van der Waals surface area contributed by atoms with E-state index in [1.54, 1.807) is 19.1 Å². The number of nitrogens with one attached hydrogen (secondary N) is 1. The third kappa shape index (κ3) is 2.96. The summed E-state index contributed by atoms with van der Waals surface area (Å²) in [7, 11) is 3.41. The van der Waals surface area contributed by atoms with Crippen LogP contribution in [0.3, 0.4) is 0 Å². The molecule has 0 aliphatic carbocycles. The van der Waals surface area contributed by atoms with Crippen molar-refractivity contribution in [2.24, 2.45) is 5.92 Å². The van der Waals surface area contributed by atoms with Crippen LogP contribution in [0.1, 0.15) is 25.3 Å². The van der Waals surface area contributed by atoms with Gasteiger partial charge < -0.3 is 14.4 Å². The molecule has 1 unspecified atom stereocenters. The fraction of sp³-hybridized carbons (Fsp3) is 0.600. The fourth-order valence-corrected chi connectivity index (χ4v) is 2.92. The summed E-state index contributed by atoms with van der Waals surface area (Å²) < 4.78 is 10.9. The number of ether oxygens (including phenoxy) is 2. The van der Waals surface area contributed by atoms with E-state index < -0.39 is 0 Å². The monoisotopic (exact) mass is 250 g/mol. The number of hydrogen-bond donors (Lipinski definition) is 1. The molecule has 1 aliphatic rings. The predicted molar refractivity (Wildman–Crippen MR) is 72.3 cm³/mol. The van der Waals surface area contributed by atoms with Crippen LogP contribution in [0.2, 0.25) is 0 Å². The van der Waals surface area contributed by atoms with E-state index >= 15 is 0 Å². The molecule has 0 bridgehead atoms. The van der Waals surface area contributed by atoms with Gasteiger partial charge in [0.1, 0.15) is 6.54 Å². The second-order valence-electron chi connectivity index (χ2n) is 5.28. The molecule has 1 aliphatic heterocycles. The number of benzene rings is 1. The maximum Gasteiger partial charge on any atom is 0.169 e. The van der Waals surface area contributed by atoms with Gasteiger partial charge in [0.25, 0.3) is 0 Å². The zero-order chi connectivity index (χ0) is 13.0. The van der Waals surface area contributed by atoms with Crippen LogP contribution in [-0.4, -0.2) is 27.3 Å². The van der Waals surface area contributed by atoms with Gasteiger partial charge in [0.15, 0.2) is 11.5 Å². The van der Waals surface area contributed by atoms with E-state index in [0.29, 0.717) is 0 Å². The third-order valence-corrected chi connectivity index (χ3v) is 3.79. The Labute approximate surface area is 110 Å². The second-order valence-corrected chi connectivity index (χ2v) is 5.28. The lowest BCUT2D eigenvalue weighted by Gasteiger charge is -2.28. The van der Waals surface area contributed by atoms with Crippen molar-refractivity contribution in [2.75, 3.05) is 27.3 Å². The summed E-state index contributed by atoms with van der Waals surface area (Å²) in [5, 5.41) is 0. The Bertz CT molecular complexity index is 392. The number of hydrogen-bond acceptors (Lipinski definition) is 2. The van der Waals surface area contributed by atoms with Crippen molar-refractivity contribution in [2.45, 2.75) is 26.3 Å². The lowest BCUT2D eigenvalue weighted by atomic mass is 9.99. The lowest BCUT2D eigenvalue weighted by Crippen LogP contribution is -3.12. The van der Waals surface area contributed by atoms with Gasteiger partial charge in [0.2, 0.25) is 0 Å². The third-order valence-electron chi connectivity index (χ3n) is 3.79. The van der Waals surface area contributed by atoms with Crippen LogP contribution >= 0.6 is 0 Å². The first-order chi connectivity index (χ1) is 8.74. The van der Waals surface area contributed by atoms with Gasteiger partial charge in [-0.2, -0.15) is 0 Å². The van der Waals surface area contributed by atoms with Crippen LogP contribution in [-0.2, 0) is 6.54 Å². The summed E-state index contributed by atoms with van der Waals surface area (Å²) in [5.74, 6) is 2.57. The molecule has 0 aromatic heterocycles. The molecule has 1 N–H and O–H groups in total. The minimum absolute atomic E-state index is 0.833. The number of likely N-dealkylation sites (tertiary alicyclic amines) is 1. The van der Waals surface area contributed by atoms with E-state index in [1.165, 1.54) is 31.5 Å². The molecule has 100 valence electrons. The fourth-order valence-electron chi connectivity index (χ4n) is 2.92. The van der Waals surface area contributed by atoms with Gasteiger partial charge in [-0.25, -0.2) is 0 Å². The maximum absolute atomic E-state index is 5.50. The Morgan fingerprint density at radius 3 is 2.78 bits per heavy atom. The molecule has 2 rings (SSSR count). The van der Waals surface area contributed by atoms with Crippen molar-refractivity contribution < 1.29 is 14.4 Å². The number of methoxy groups -OCH3 is 2. The van der Waals surface area contributed by atoms with E-state index in [-0.39, 0.29) is 0 Å². The van der Waals surface area contributed by atoms with Gasteiger partial charge in [-0.15, -0.1) is 0 Å². The highest BCUT2D eigenvalue weighted by Crippen LogP contribution is 2.30. The normalized spacial score (nSPS) is 23.7. The minimum Gasteiger partial charge on any atom is -0.493 e. The van der Waals surface area contributed by atoms with Gasteiger partial charge in [-0.05, 0) is 25.0 Å². The van der Waals surface area contributed by atoms with E-state index in [4.69, 9.17) is 9.47 Å². The van der Waals surface area contributed by atoms with Crippen molar-refractivity contribution >= 4 is 0 Å². The number of para-hydroxylation sites is 1. The van der Waals surface area contributed by atoms with Crippen LogP contribution in [0.4, 0.5) is 0 Å². The number of piperidine rings is 1. The molecule has 0 spiro atoms. The molecule has 3 nitrogen and oxygen atoms in total. The smallest absolute Gasteiger partial charge is 0.169 e. The van der Waals surface area contributed by atoms with Crippen LogP contribution in [0.5, 0.6) is 11.5 Å². The molecular formula is C15H24NO2+. The van der Waals surface area contributed by atoms with Gasteiger partial charge >= 0.3 is 0 Å². The predicted octanol–water partition coefficient (Wildman–Crippen LogP) is 1.52. The van der Waals surface area contributed by atoms with Gasteiger partial charge in [0.05, 0.1) is 32.9 Å². The van der Waals surface area contributed by atoms with Crippen molar-refractivity contribution in [3.05, 3.63) is 23.8 Å². The summed E-state index contributed by atoms with van der Waals surface area (Å²) in [6, 6.07) is 6.15. The van der Waals surface area contributed by atoms with Gasteiger partial charge in [0, 0.05) is 5.92 Å². The first-order valence-corrected chi connectivity index (χ1v) is 6.78. The van der Waals surface area contributed by atoms with Gasteiger partial charge in [-0.3, -0.25) is 0 Å². The first kappa shape index (κ1) is 13.2. The topological polar surface area (TPSA) is 22.9 Å². The number of rotatable bonds is 4. The highest BCUT2D eigenvalue weighted by Gasteiger charge is 2.21. The zero-order valence-electron chi connectivity index (χ0n) is 11.7. The Hall–Kier alpha value is -1.22. The highest BCUT2D eigenvalue weighted by molar-refractivity contribution is 5.46. The molecule has 0 amide bonds. The Kier molecular flexibility index (Phi) is 4.48. The van der Waals surface area contributed by atoms with Crippen molar-refractivity contribution in [1.29, 1.82) is 0 Å². The average Bonchev–Trinajstić information content (AvgIpc) is 2.38. The molecule has 3 heteroatoms. The molecule has 1 fully saturated rings. The summed E-state index contributed by atoms with van der Waals surface area (Å²) in [6.45, 7) is 5.91. The SMILES string of the molecule is COc1cccc(C[NH+]2CCC[C@@H](C)C2)c1OC. The molecule has 1 aromatic carbocycles. The van der Waals surface area contributed by atoms with E-state index in [2.05, 4.69) is 13.0 Å². The molecule has 1 saturated heterocycles. The van der Waals surface area contributed by atoms with E-state index in [1.807, 2.05) is 12.1 Å². The van der Waals surface area contributed by atoms with E-state index in [0.717, 1.165) is 24.0 Å². The molecular weight excluding hydrogens is 226 g/mol. The maximum atomic E-state index is 5.50. The highest BCUT2D eigenvalue weighted by atomic mass is 16.5. The Balaban J connectivity index is 2.12. The van der Waals surface area contributed by atoms with Crippen molar-refractivity contribution in [1.82, 2.24) is 0 Å². The lowest BCUT2D eigenvalue weighted by molar-refractivity contribution is -0.922. The summed E-state index contributed by atoms with van der Waals surface area (Å²) in [4.78, 5) is 1.65. The second kappa shape index (κ2) is 6.10. The van der Waals surface area contributed by atoms with Crippen LogP contribution in [0, 0.1) is 5.92 Å². The van der Waals surface area contributed by atoms with Crippen LogP contribution < -0.4 is 14.4 Å². The Morgan fingerprint density at radius 1 is 1.28 bits per heavy atom. The van der Waals surface area contributed by atoms with Gasteiger partial charge in [-0.1, -0.05) is 13.0 Å². The molecule has 0 saturated carbocycles. The average molecular weight is 250 g/mol. The first-order valence-electron chi connectivity index (χ1n) is 6.78. The molecule has 2 atom stereocenters. The number of quaternary nitrogens is 1. The minimum atomic E-state index is 0.833. The molecule has 18 heavy (non-hydrogen) atoms. The summed E-state index contributed by atoms with van der Waals surface area (Å²) >= 11 is 0. The Morgan fingerprint density at radius 2 is 2.11 bits per heavy atom. The standard InChI is InChI=1S/C15H23NO2/c1-12-6-5-9-16(10-12)11-13-7-4-8-14(17-2)15(13)18-3/h4,7-8,12H,5-6,9-11H2,1-3H3/p+1/t12-/m1/s1. The largest absolute Gasteiger partial charge is 0.493 e. The van der Waals surface area contributed by atoms with Crippen LogP contribution in [0.15, 0.2) is 18.2 Å². The summed E-state index contributed by atoms with van der Waals surface area (Å²) in [6.07, 6.45) is 2.71. The quantitative estimate of drug-likeness (QED) is 0.875. The molecule has 0 radical (unpaired) electrons. The zero-order valence-corrected chi connectivity index (χ0v) is 11.7. The summed E-state index contributed by atoms with van der Waals surface area (Å²) in [5.41, 5.74) is 1.25. The van der Waals surface area contributed by atoms with Crippen molar-refractivity contribution in [3.8, 4) is 11.5 Å². The van der Waals surface area contributed by atoms with Crippen molar-refractivity contribution in [3.63, 3.8) is 0 Å². The van der Waals surface area contributed by atoms with Crippen LogP contribution in [0.25, 0.3) is 0 Å². The van der Waals surface area contributed by atoms with E-state index in [9.17, 15) is 0 Å². The molecule has 1 aromatic rings.